The van der Waals surface area contributed by atoms with Crippen molar-refractivity contribution in [1.29, 1.82) is 0 Å². The highest BCUT2D eigenvalue weighted by Gasteiger charge is 2.35. The third kappa shape index (κ3) is 7.92. The van der Waals surface area contributed by atoms with Gasteiger partial charge in [-0.25, -0.2) is 9.98 Å². The molecule has 0 radical (unpaired) electrons. The van der Waals surface area contributed by atoms with Crippen LogP contribution in [0.2, 0.25) is 0 Å². The standard InChI is InChI=1S/C20H30F3N5O/c1-4-24-19(27-16-7-11-28(12-8-16)14-15(2)3)26-10-13-29-18-17(20(21,22)23)6-5-9-25-18/h5-6,9,16H,2,4,7-8,10-14H2,1,3H3,(H2,24,26,27). The zero-order valence-corrected chi connectivity index (χ0v) is 17.1. The Kier molecular flexibility index (Phi) is 8.75. The predicted molar refractivity (Wildman–Crippen MR) is 108 cm³/mol. The molecule has 0 saturated carbocycles. The summed E-state index contributed by atoms with van der Waals surface area (Å²) in [5.41, 5.74) is 0.281. The van der Waals surface area contributed by atoms with Gasteiger partial charge in [0.1, 0.15) is 12.2 Å². The van der Waals surface area contributed by atoms with Crippen LogP contribution in [0.15, 0.2) is 35.5 Å². The van der Waals surface area contributed by atoms with Gasteiger partial charge >= 0.3 is 6.18 Å². The number of rotatable bonds is 8. The van der Waals surface area contributed by atoms with E-state index in [1.165, 1.54) is 12.3 Å². The molecule has 6 nitrogen and oxygen atoms in total. The lowest BCUT2D eigenvalue weighted by Gasteiger charge is -2.33. The molecule has 1 fully saturated rings. The topological polar surface area (TPSA) is 61.8 Å². The van der Waals surface area contributed by atoms with Crippen LogP contribution in [0.25, 0.3) is 0 Å². The van der Waals surface area contributed by atoms with E-state index in [2.05, 4.69) is 32.1 Å². The zero-order chi connectivity index (χ0) is 21.3. The second kappa shape index (κ2) is 11.0. The third-order valence-corrected chi connectivity index (χ3v) is 4.44. The molecule has 2 heterocycles. The lowest BCUT2D eigenvalue weighted by Crippen LogP contribution is -2.49. The highest BCUT2D eigenvalue weighted by Crippen LogP contribution is 2.34. The van der Waals surface area contributed by atoms with Crippen molar-refractivity contribution in [3.8, 4) is 5.88 Å². The fraction of sp³-hybridized carbons (Fsp3) is 0.600. The lowest BCUT2D eigenvalue weighted by atomic mass is 10.0. The fourth-order valence-electron chi connectivity index (χ4n) is 3.15. The van der Waals surface area contributed by atoms with Crippen molar-refractivity contribution in [3.63, 3.8) is 0 Å². The Bertz CT molecular complexity index is 685. The second-order valence-corrected chi connectivity index (χ2v) is 7.11. The molecule has 0 aliphatic carbocycles. The van der Waals surface area contributed by atoms with Crippen molar-refractivity contribution in [3.05, 3.63) is 36.0 Å². The van der Waals surface area contributed by atoms with Gasteiger partial charge in [-0.05, 0) is 38.8 Å². The van der Waals surface area contributed by atoms with Crippen LogP contribution in [0.1, 0.15) is 32.3 Å². The number of guanidine groups is 1. The summed E-state index contributed by atoms with van der Waals surface area (Å²) in [6.07, 6.45) is -1.23. The Morgan fingerprint density at radius 2 is 2.10 bits per heavy atom. The first-order chi connectivity index (χ1) is 13.8. The zero-order valence-electron chi connectivity index (χ0n) is 17.1. The molecule has 0 atom stereocenters. The van der Waals surface area contributed by atoms with E-state index in [1.54, 1.807) is 0 Å². The van der Waals surface area contributed by atoms with Crippen LogP contribution in [-0.4, -0.2) is 61.2 Å². The lowest BCUT2D eigenvalue weighted by molar-refractivity contribution is -0.139. The summed E-state index contributed by atoms with van der Waals surface area (Å²) in [4.78, 5) is 10.5. The van der Waals surface area contributed by atoms with E-state index in [1.807, 2.05) is 13.8 Å². The molecule has 29 heavy (non-hydrogen) atoms. The summed E-state index contributed by atoms with van der Waals surface area (Å²) in [6.45, 7) is 11.8. The summed E-state index contributed by atoms with van der Waals surface area (Å²) in [7, 11) is 0. The second-order valence-electron chi connectivity index (χ2n) is 7.11. The van der Waals surface area contributed by atoms with Gasteiger partial charge in [0.2, 0.25) is 5.88 Å². The number of alkyl halides is 3. The summed E-state index contributed by atoms with van der Waals surface area (Å²) in [6, 6.07) is 2.50. The molecule has 0 bridgehead atoms. The number of halogens is 3. The summed E-state index contributed by atoms with van der Waals surface area (Å²) < 4.78 is 44.1. The van der Waals surface area contributed by atoms with Crippen LogP contribution in [-0.2, 0) is 6.18 Å². The maximum Gasteiger partial charge on any atom is 0.421 e. The minimum atomic E-state index is -4.50. The van der Waals surface area contributed by atoms with E-state index in [4.69, 9.17) is 4.74 Å². The molecule has 0 unspecified atom stereocenters. The van der Waals surface area contributed by atoms with Crippen LogP contribution in [0.4, 0.5) is 13.2 Å². The number of hydrogen-bond acceptors (Lipinski definition) is 4. The third-order valence-electron chi connectivity index (χ3n) is 4.44. The number of ether oxygens (including phenoxy) is 1. The first kappa shape index (κ1) is 23.0. The van der Waals surface area contributed by atoms with Gasteiger partial charge in [-0.2, -0.15) is 13.2 Å². The molecule has 1 aliphatic heterocycles. The monoisotopic (exact) mass is 413 g/mol. The summed E-state index contributed by atoms with van der Waals surface area (Å²) >= 11 is 0. The fourth-order valence-corrected chi connectivity index (χ4v) is 3.15. The SMILES string of the molecule is C=C(C)CN1CCC(NC(=NCCOc2ncccc2C(F)(F)F)NCC)CC1. The van der Waals surface area contributed by atoms with Gasteiger partial charge in [0.05, 0.1) is 6.54 Å². The number of piperidine rings is 1. The van der Waals surface area contributed by atoms with Crippen molar-refractivity contribution in [2.45, 2.75) is 38.9 Å². The van der Waals surface area contributed by atoms with Gasteiger partial charge in [0.25, 0.3) is 0 Å². The van der Waals surface area contributed by atoms with Gasteiger partial charge in [-0.15, -0.1) is 0 Å². The molecule has 1 aromatic rings. The molecular formula is C20H30F3N5O. The first-order valence-corrected chi connectivity index (χ1v) is 9.86. The molecule has 0 amide bonds. The maximum atomic E-state index is 13.0. The van der Waals surface area contributed by atoms with Crippen molar-refractivity contribution in [2.75, 3.05) is 39.3 Å². The number of aromatic nitrogens is 1. The minimum absolute atomic E-state index is 0.00766. The molecule has 0 spiro atoms. The van der Waals surface area contributed by atoms with Crippen LogP contribution >= 0.6 is 0 Å². The quantitative estimate of drug-likeness (QED) is 0.297. The number of nitrogens with zero attached hydrogens (tertiary/aromatic N) is 3. The van der Waals surface area contributed by atoms with E-state index in [-0.39, 0.29) is 13.2 Å². The van der Waals surface area contributed by atoms with Crippen molar-refractivity contribution >= 4 is 5.96 Å². The molecule has 1 saturated heterocycles. The maximum absolute atomic E-state index is 13.0. The van der Waals surface area contributed by atoms with E-state index >= 15 is 0 Å². The Morgan fingerprint density at radius 1 is 1.38 bits per heavy atom. The number of hydrogen-bond donors (Lipinski definition) is 2. The summed E-state index contributed by atoms with van der Waals surface area (Å²) in [5.74, 6) is 0.226. The largest absolute Gasteiger partial charge is 0.475 e. The Balaban J connectivity index is 1.83. The molecule has 2 N–H and O–H groups in total. The summed E-state index contributed by atoms with van der Waals surface area (Å²) in [5, 5.41) is 6.57. The van der Waals surface area contributed by atoms with Crippen LogP contribution in [0, 0.1) is 0 Å². The van der Waals surface area contributed by atoms with Crippen molar-refractivity contribution < 1.29 is 17.9 Å². The highest BCUT2D eigenvalue weighted by molar-refractivity contribution is 5.80. The molecule has 0 aromatic carbocycles. The van der Waals surface area contributed by atoms with Crippen LogP contribution in [0.5, 0.6) is 5.88 Å². The van der Waals surface area contributed by atoms with E-state index in [0.29, 0.717) is 18.5 Å². The van der Waals surface area contributed by atoms with E-state index < -0.39 is 17.6 Å². The van der Waals surface area contributed by atoms with Gasteiger partial charge in [-0.3, -0.25) is 4.90 Å². The van der Waals surface area contributed by atoms with E-state index in [9.17, 15) is 13.2 Å². The molecular weight excluding hydrogens is 383 g/mol. The number of pyridine rings is 1. The molecule has 1 aliphatic rings. The van der Waals surface area contributed by atoms with Gasteiger partial charge < -0.3 is 15.4 Å². The first-order valence-electron chi connectivity index (χ1n) is 9.86. The Labute approximate surface area is 170 Å². The average molecular weight is 413 g/mol. The van der Waals surface area contributed by atoms with Crippen LogP contribution in [0.3, 0.4) is 0 Å². The van der Waals surface area contributed by atoms with Crippen molar-refractivity contribution in [2.24, 2.45) is 4.99 Å². The highest BCUT2D eigenvalue weighted by atomic mass is 19.4. The average Bonchev–Trinajstić information content (AvgIpc) is 2.66. The van der Waals surface area contributed by atoms with Crippen LogP contribution < -0.4 is 15.4 Å². The van der Waals surface area contributed by atoms with Gasteiger partial charge in [0, 0.05) is 38.4 Å². The molecule has 162 valence electrons. The molecule has 1 aromatic heterocycles. The predicted octanol–water partition coefficient (Wildman–Crippen LogP) is 3.07. The Morgan fingerprint density at radius 3 is 2.72 bits per heavy atom. The number of likely N-dealkylation sites (tertiary alicyclic amines) is 1. The smallest absolute Gasteiger partial charge is 0.421 e. The molecule has 9 heteroatoms. The molecule has 2 rings (SSSR count). The normalized spacial score (nSPS) is 16.5. The van der Waals surface area contributed by atoms with E-state index in [0.717, 1.165) is 44.1 Å². The van der Waals surface area contributed by atoms with Gasteiger partial charge in [0.15, 0.2) is 5.96 Å². The minimum Gasteiger partial charge on any atom is -0.475 e. The van der Waals surface area contributed by atoms with Crippen molar-refractivity contribution in [1.82, 2.24) is 20.5 Å². The van der Waals surface area contributed by atoms with Gasteiger partial charge in [-0.1, -0.05) is 12.2 Å². The Hall–Kier alpha value is -2.29. The number of aliphatic imine (C=N–C) groups is 1. The number of nitrogens with one attached hydrogen (secondary N) is 2.